The summed E-state index contributed by atoms with van der Waals surface area (Å²) in [6, 6.07) is 4.80. The van der Waals surface area contributed by atoms with Crippen LogP contribution in [0.1, 0.15) is 0 Å². The summed E-state index contributed by atoms with van der Waals surface area (Å²) in [5, 5.41) is 3.91. The zero-order chi connectivity index (χ0) is 14.2. The van der Waals surface area contributed by atoms with Crippen molar-refractivity contribution in [1.29, 1.82) is 0 Å². The maximum Gasteiger partial charge on any atom is 0.272 e. The van der Waals surface area contributed by atoms with Crippen LogP contribution in [0.2, 0.25) is 0 Å². The Labute approximate surface area is 118 Å². The highest BCUT2D eigenvalue weighted by atomic mass is 32.2. The molecule has 0 atom stereocenters. The van der Waals surface area contributed by atoms with Gasteiger partial charge in [-0.1, -0.05) is 0 Å². The Bertz CT molecular complexity index is 818. The molecule has 0 aliphatic carbocycles. The van der Waals surface area contributed by atoms with Gasteiger partial charge in [0.15, 0.2) is 12.2 Å². The number of nitrogens with one attached hydrogen (secondary N) is 1. The minimum Gasteiger partial charge on any atom is -0.443 e. The topological polar surface area (TPSA) is 90.0 Å². The molecule has 0 aliphatic rings. The Kier molecular flexibility index (Phi) is 3.07. The van der Waals surface area contributed by atoms with Crippen molar-refractivity contribution >= 4 is 27.2 Å². The summed E-state index contributed by atoms with van der Waals surface area (Å²) < 4.78 is 33.8. The van der Waals surface area contributed by atoms with Crippen molar-refractivity contribution in [3.63, 3.8) is 0 Å². The van der Waals surface area contributed by atoms with Crippen LogP contribution in [0, 0.1) is 0 Å². The van der Waals surface area contributed by atoms with Gasteiger partial charge in [0.25, 0.3) is 10.0 Å². The van der Waals surface area contributed by atoms with Crippen molar-refractivity contribution in [3.05, 3.63) is 37.0 Å². The monoisotopic (exact) mass is 310 g/mol. The maximum absolute atomic E-state index is 12.2. The molecule has 0 bridgehead atoms. The molecule has 0 aromatic carbocycles. The SMILES string of the molecule is Cn1nccc1NS(=O)(=O)c1ccc(-c2cnco2)s1. The summed E-state index contributed by atoms with van der Waals surface area (Å²) in [4.78, 5) is 4.51. The normalized spacial score (nSPS) is 11.7. The van der Waals surface area contributed by atoms with E-state index in [9.17, 15) is 8.42 Å². The Morgan fingerprint density at radius 1 is 1.35 bits per heavy atom. The van der Waals surface area contributed by atoms with E-state index in [1.165, 1.54) is 29.5 Å². The molecule has 0 radical (unpaired) electrons. The van der Waals surface area contributed by atoms with Gasteiger partial charge in [-0.2, -0.15) is 5.10 Å². The maximum atomic E-state index is 12.2. The number of hydrogen-bond donors (Lipinski definition) is 1. The molecule has 3 rings (SSSR count). The van der Waals surface area contributed by atoms with Crippen molar-refractivity contribution in [2.24, 2.45) is 7.05 Å². The third-order valence-corrected chi connectivity index (χ3v) is 5.53. The van der Waals surface area contributed by atoms with Crippen LogP contribution in [0.15, 0.2) is 45.6 Å². The van der Waals surface area contributed by atoms with Crippen LogP contribution in [0.3, 0.4) is 0 Å². The van der Waals surface area contributed by atoms with Crippen molar-refractivity contribution < 1.29 is 12.8 Å². The highest BCUT2D eigenvalue weighted by molar-refractivity contribution is 7.94. The fourth-order valence-electron chi connectivity index (χ4n) is 1.60. The van der Waals surface area contributed by atoms with E-state index in [4.69, 9.17) is 4.42 Å². The molecular formula is C11H10N4O3S2. The van der Waals surface area contributed by atoms with Crippen LogP contribution >= 0.6 is 11.3 Å². The van der Waals surface area contributed by atoms with E-state index in [-0.39, 0.29) is 4.21 Å². The summed E-state index contributed by atoms with van der Waals surface area (Å²) in [5.41, 5.74) is 0. The lowest BCUT2D eigenvalue weighted by atomic mass is 10.4. The number of hydrogen-bond acceptors (Lipinski definition) is 6. The van der Waals surface area contributed by atoms with E-state index in [1.54, 1.807) is 19.2 Å². The van der Waals surface area contributed by atoms with E-state index in [2.05, 4.69) is 14.8 Å². The van der Waals surface area contributed by atoms with E-state index in [1.807, 2.05) is 0 Å². The first-order valence-corrected chi connectivity index (χ1v) is 7.86. The number of rotatable bonds is 4. The zero-order valence-corrected chi connectivity index (χ0v) is 12.0. The second-order valence-corrected chi connectivity index (χ2v) is 6.92. The summed E-state index contributed by atoms with van der Waals surface area (Å²) in [6.45, 7) is 0. The number of thiophene rings is 1. The molecule has 104 valence electrons. The lowest BCUT2D eigenvalue weighted by molar-refractivity contribution is 0.573. The number of sulfonamides is 1. The lowest BCUT2D eigenvalue weighted by Crippen LogP contribution is -2.14. The minimum atomic E-state index is -3.63. The quantitative estimate of drug-likeness (QED) is 0.795. The smallest absolute Gasteiger partial charge is 0.272 e. The van der Waals surface area contributed by atoms with Crippen molar-refractivity contribution in [2.45, 2.75) is 4.21 Å². The highest BCUT2D eigenvalue weighted by Crippen LogP contribution is 2.31. The van der Waals surface area contributed by atoms with Crippen LogP contribution in [0.4, 0.5) is 5.82 Å². The van der Waals surface area contributed by atoms with Crippen molar-refractivity contribution in [2.75, 3.05) is 4.72 Å². The molecule has 3 aromatic rings. The third-order valence-electron chi connectivity index (χ3n) is 2.58. The number of oxazole rings is 1. The molecule has 0 saturated heterocycles. The molecule has 0 spiro atoms. The van der Waals surface area contributed by atoms with E-state index in [0.717, 1.165) is 11.3 Å². The van der Waals surface area contributed by atoms with E-state index >= 15 is 0 Å². The third kappa shape index (κ3) is 2.32. The van der Waals surface area contributed by atoms with E-state index < -0.39 is 10.0 Å². The molecular weight excluding hydrogens is 300 g/mol. The summed E-state index contributed by atoms with van der Waals surface area (Å²) in [5.74, 6) is 0.941. The summed E-state index contributed by atoms with van der Waals surface area (Å²) >= 11 is 1.11. The first-order chi connectivity index (χ1) is 9.56. The molecule has 3 heterocycles. The zero-order valence-electron chi connectivity index (χ0n) is 10.3. The largest absolute Gasteiger partial charge is 0.443 e. The minimum absolute atomic E-state index is 0.199. The van der Waals surface area contributed by atoms with Crippen molar-refractivity contribution in [1.82, 2.24) is 14.8 Å². The van der Waals surface area contributed by atoms with Gasteiger partial charge in [-0.25, -0.2) is 13.4 Å². The molecule has 0 aliphatic heterocycles. The number of nitrogens with zero attached hydrogens (tertiary/aromatic N) is 3. The molecule has 0 fully saturated rings. The molecule has 0 amide bonds. The van der Waals surface area contributed by atoms with E-state index in [0.29, 0.717) is 16.5 Å². The van der Waals surface area contributed by atoms with Gasteiger partial charge >= 0.3 is 0 Å². The van der Waals surface area contributed by atoms with Gasteiger partial charge in [0.2, 0.25) is 0 Å². The Balaban J connectivity index is 1.90. The fourth-order valence-corrected chi connectivity index (χ4v) is 3.94. The van der Waals surface area contributed by atoms with Crippen LogP contribution in [-0.2, 0) is 17.1 Å². The summed E-state index contributed by atoms with van der Waals surface area (Å²) in [7, 11) is -1.97. The molecule has 9 heteroatoms. The standard InChI is InChI=1S/C11H10N4O3S2/c1-15-10(4-5-13-15)14-20(16,17)11-3-2-9(19-11)8-6-12-7-18-8/h2-7,14H,1H3. The summed E-state index contributed by atoms with van der Waals surface area (Å²) in [6.07, 6.45) is 4.36. The van der Waals surface area contributed by atoms with Gasteiger partial charge in [0.1, 0.15) is 10.0 Å². The van der Waals surface area contributed by atoms with Gasteiger partial charge in [0, 0.05) is 13.1 Å². The van der Waals surface area contributed by atoms with Gasteiger partial charge in [-0.3, -0.25) is 9.40 Å². The first-order valence-electron chi connectivity index (χ1n) is 5.56. The van der Waals surface area contributed by atoms with Gasteiger partial charge in [0.05, 0.1) is 17.3 Å². The van der Waals surface area contributed by atoms with Crippen LogP contribution < -0.4 is 4.72 Å². The average molecular weight is 310 g/mol. The van der Waals surface area contributed by atoms with Crippen LogP contribution in [0.5, 0.6) is 0 Å². The molecule has 3 aromatic heterocycles. The number of aromatic nitrogens is 3. The first kappa shape index (κ1) is 12.9. The van der Waals surface area contributed by atoms with Gasteiger partial charge in [-0.05, 0) is 12.1 Å². The predicted molar refractivity (Wildman–Crippen MR) is 73.8 cm³/mol. The second kappa shape index (κ2) is 4.76. The average Bonchev–Trinajstić information content (AvgIpc) is 3.10. The Morgan fingerprint density at radius 3 is 2.85 bits per heavy atom. The van der Waals surface area contributed by atoms with Crippen LogP contribution in [-0.4, -0.2) is 23.2 Å². The number of aryl methyl sites for hydroxylation is 1. The molecule has 0 unspecified atom stereocenters. The fraction of sp³-hybridized carbons (Fsp3) is 0.0909. The highest BCUT2D eigenvalue weighted by Gasteiger charge is 2.19. The van der Waals surface area contributed by atoms with Gasteiger partial charge in [-0.15, -0.1) is 11.3 Å². The Hall–Kier alpha value is -2.13. The predicted octanol–water partition coefficient (Wildman–Crippen LogP) is 1.94. The van der Waals surface area contributed by atoms with Gasteiger partial charge < -0.3 is 4.42 Å². The molecule has 1 N–H and O–H groups in total. The number of anilines is 1. The Morgan fingerprint density at radius 2 is 2.20 bits per heavy atom. The molecule has 20 heavy (non-hydrogen) atoms. The lowest BCUT2D eigenvalue weighted by Gasteiger charge is -2.05. The van der Waals surface area contributed by atoms with Crippen LogP contribution in [0.25, 0.3) is 10.6 Å². The molecule has 0 saturated carbocycles. The van der Waals surface area contributed by atoms with Crippen molar-refractivity contribution in [3.8, 4) is 10.6 Å². The molecule has 7 nitrogen and oxygen atoms in total. The second-order valence-electron chi connectivity index (χ2n) is 3.93.